The van der Waals surface area contributed by atoms with Crippen molar-refractivity contribution in [3.63, 3.8) is 0 Å². The summed E-state index contributed by atoms with van der Waals surface area (Å²) in [5.41, 5.74) is 3.96. The lowest BCUT2D eigenvalue weighted by atomic mass is 9.98. The molecule has 152 valence electrons. The van der Waals surface area contributed by atoms with Crippen molar-refractivity contribution >= 4 is 27.5 Å². The second kappa shape index (κ2) is 9.51. The van der Waals surface area contributed by atoms with Crippen molar-refractivity contribution in [2.45, 2.75) is 51.6 Å². The van der Waals surface area contributed by atoms with E-state index in [0.29, 0.717) is 12.5 Å². The van der Waals surface area contributed by atoms with Crippen molar-refractivity contribution < 1.29 is 4.79 Å². The van der Waals surface area contributed by atoms with Gasteiger partial charge in [0.25, 0.3) is 0 Å². The first-order valence-electron chi connectivity index (χ1n) is 10.6. The van der Waals surface area contributed by atoms with E-state index < -0.39 is 0 Å². The molecule has 29 heavy (non-hydrogen) atoms. The molecular weight excluding hydrogens is 378 g/mol. The minimum Gasteiger partial charge on any atom is -0.355 e. The van der Waals surface area contributed by atoms with Crippen LogP contribution in [0.4, 0.5) is 0 Å². The summed E-state index contributed by atoms with van der Waals surface area (Å²) in [6.45, 7) is 5.01. The Kier molecular flexibility index (Phi) is 6.57. The predicted molar refractivity (Wildman–Crippen MR) is 120 cm³/mol. The second-order valence-corrected chi connectivity index (χ2v) is 8.90. The smallest absolute Gasteiger partial charge is 0.220 e. The van der Waals surface area contributed by atoms with Crippen molar-refractivity contribution in [1.29, 1.82) is 0 Å². The average molecular weight is 408 g/mol. The summed E-state index contributed by atoms with van der Waals surface area (Å²) < 4.78 is 1.22. The van der Waals surface area contributed by atoms with Crippen LogP contribution in [0.25, 0.3) is 10.2 Å². The molecule has 0 aliphatic carbocycles. The maximum atomic E-state index is 12.4. The summed E-state index contributed by atoms with van der Waals surface area (Å²) in [6, 6.07) is 17.3. The minimum absolute atomic E-state index is 0.155. The number of carbonyl (C=O) groups excluding carboxylic acids is 1. The van der Waals surface area contributed by atoms with E-state index in [9.17, 15) is 4.79 Å². The van der Waals surface area contributed by atoms with Gasteiger partial charge in [0.1, 0.15) is 0 Å². The summed E-state index contributed by atoms with van der Waals surface area (Å²) in [7, 11) is 0. The lowest BCUT2D eigenvalue weighted by molar-refractivity contribution is -0.121. The number of aromatic nitrogens is 1. The van der Waals surface area contributed by atoms with E-state index in [0.717, 1.165) is 55.8 Å². The number of amides is 1. The summed E-state index contributed by atoms with van der Waals surface area (Å²) >= 11 is 1.73. The van der Waals surface area contributed by atoms with Crippen LogP contribution in [0, 0.1) is 0 Å². The van der Waals surface area contributed by atoms with Gasteiger partial charge in [0.15, 0.2) is 0 Å². The normalized spacial score (nSPS) is 15.2. The van der Waals surface area contributed by atoms with E-state index in [-0.39, 0.29) is 5.91 Å². The van der Waals surface area contributed by atoms with Gasteiger partial charge in [-0.3, -0.25) is 9.69 Å². The third kappa shape index (κ3) is 5.03. The molecule has 0 fully saturated rings. The van der Waals surface area contributed by atoms with Gasteiger partial charge in [-0.15, -0.1) is 11.3 Å². The molecule has 1 aliphatic heterocycles. The fourth-order valence-corrected chi connectivity index (χ4v) is 5.12. The number of carbonyl (C=O) groups is 1. The monoisotopic (exact) mass is 407 g/mol. The van der Waals surface area contributed by atoms with Gasteiger partial charge in [-0.25, -0.2) is 4.98 Å². The molecule has 0 saturated carbocycles. The quantitative estimate of drug-likeness (QED) is 0.595. The number of fused-ring (bicyclic) bond motifs is 2. The van der Waals surface area contributed by atoms with Crippen molar-refractivity contribution in [1.82, 2.24) is 15.2 Å². The first-order valence-corrected chi connectivity index (χ1v) is 11.5. The Morgan fingerprint density at radius 2 is 1.97 bits per heavy atom. The van der Waals surface area contributed by atoms with Crippen LogP contribution < -0.4 is 5.32 Å². The molecule has 2 heterocycles. The minimum atomic E-state index is 0.155. The molecule has 1 aromatic heterocycles. The Morgan fingerprint density at radius 1 is 1.17 bits per heavy atom. The molecule has 1 atom stereocenters. The summed E-state index contributed by atoms with van der Waals surface area (Å²) in [5, 5.41) is 4.29. The van der Waals surface area contributed by atoms with Crippen LogP contribution in [0.2, 0.25) is 0 Å². The zero-order chi connectivity index (χ0) is 20.1. The Morgan fingerprint density at radius 3 is 2.79 bits per heavy atom. The van der Waals surface area contributed by atoms with Crippen molar-refractivity contribution in [3.8, 4) is 0 Å². The van der Waals surface area contributed by atoms with Gasteiger partial charge in [-0.1, -0.05) is 43.3 Å². The molecule has 1 N–H and O–H groups in total. The number of thiazole rings is 1. The molecule has 1 unspecified atom stereocenters. The molecule has 4 nitrogen and oxygen atoms in total. The first kappa shape index (κ1) is 20.0. The van der Waals surface area contributed by atoms with Gasteiger partial charge in [0.2, 0.25) is 5.91 Å². The Balaban J connectivity index is 1.22. The van der Waals surface area contributed by atoms with Crippen LogP contribution in [-0.4, -0.2) is 34.9 Å². The second-order valence-electron chi connectivity index (χ2n) is 7.78. The Bertz CT molecular complexity index is 934. The maximum absolute atomic E-state index is 12.4. The standard InChI is InChI=1S/C24H29N3OS/c1-2-20(27-15-14-18-8-3-4-9-19(18)17-27)16-25-23(28)12-7-13-24-26-21-10-5-6-11-22(21)29-24/h3-6,8-11,20H,2,7,12-17H2,1H3,(H,25,28). The van der Waals surface area contributed by atoms with E-state index in [2.05, 4.69) is 52.5 Å². The summed E-state index contributed by atoms with van der Waals surface area (Å²) in [6.07, 6.45) is 4.43. The van der Waals surface area contributed by atoms with Crippen LogP contribution in [0.1, 0.15) is 42.3 Å². The third-order valence-electron chi connectivity index (χ3n) is 5.82. The third-order valence-corrected chi connectivity index (χ3v) is 6.91. The number of benzene rings is 2. The van der Waals surface area contributed by atoms with Crippen LogP contribution in [0.3, 0.4) is 0 Å². The first-order chi connectivity index (χ1) is 14.2. The van der Waals surface area contributed by atoms with E-state index >= 15 is 0 Å². The zero-order valence-corrected chi connectivity index (χ0v) is 17.9. The fraction of sp³-hybridized carbons (Fsp3) is 0.417. The van der Waals surface area contributed by atoms with Gasteiger partial charge >= 0.3 is 0 Å². The lowest BCUT2D eigenvalue weighted by Crippen LogP contribution is -2.45. The number of aryl methyl sites for hydroxylation is 1. The molecule has 0 spiro atoms. The Labute approximate surface area is 177 Å². The van der Waals surface area contributed by atoms with Crippen LogP contribution in [-0.2, 0) is 24.2 Å². The van der Waals surface area contributed by atoms with Crippen LogP contribution in [0.5, 0.6) is 0 Å². The molecule has 0 radical (unpaired) electrons. The largest absolute Gasteiger partial charge is 0.355 e. The highest BCUT2D eigenvalue weighted by Crippen LogP contribution is 2.23. The lowest BCUT2D eigenvalue weighted by Gasteiger charge is -2.35. The van der Waals surface area contributed by atoms with E-state index in [1.807, 2.05) is 18.2 Å². The van der Waals surface area contributed by atoms with E-state index in [4.69, 9.17) is 0 Å². The summed E-state index contributed by atoms with van der Waals surface area (Å²) in [4.78, 5) is 19.5. The molecule has 0 bridgehead atoms. The molecule has 4 rings (SSSR count). The molecule has 0 saturated heterocycles. The molecule has 1 amide bonds. The summed E-state index contributed by atoms with van der Waals surface area (Å²) in [5.74, 6) is 0.155. The number of para-hydroxylation sites is 1. The number of nitrogens with one attached hydrogen (secondary N) is 1. The number of hydrogen-bond donors (Lipinski definition) is 1. The van der Waals surface area contributed by atoms with Crippen LogP contribution in [0.15, 0.2) is 48.5 Å². The highest BCUT2D eigenvalue weighted by atomic mass is 32.1. The highest BCUT2D eigenvalue weighted by Gasteiger charge is 2.22. The predicted octanol–water partition coefficient (Wildman–Crippen LogP) is 4.57. The number of rotatable bonds is 8. The Hall–Kier alpha value is -2.24. The SMILES string of the molecule is CCC(CNC(=O)CCCc1nc2ccccc2s1)N1CCc2ccccc2C1. The highest BCUT2D eigenvalue weighted by molar-refractivity contribution is 7.18. The van der Waals surface area contributed by atoms with Crippen molar-refractivity contribution in [3.05, 3.63) is 64.7 Å². The zero-order valence-electron chi connectivity index (χ0n) is 17.1. The van der Waals surface area contributed by atoms with E-state index in [1.54, 1.807) is 11.3 Å². The molecular formula is C24H29N3OS. The number of nitrogens with zero attached hydrogens (tertiary/aromatic N) is 2. The molecule has 3 aromatic rings. The van der Waals surface area contributed by atoms with Crippen molar-refractivity contribution in [2.75, 3.05) is 13.1 Å². The molecule has 1 aliphatic rings. The number of hydrogen-bond acceptors (Lipinski definition) is 4. The topological polar surface area (TPSA) is 45.2 Å². The van der Waals surface area contributed by atoms with Crippen molar-refractivity contribution in [2.24, 2.45) is 0 Å². The van der Waals surface area contributed by atoms with Gasteiger partial charge in [-0.05, 0) is 48.9 Å². The van der Waals surface area contributed by atoms with Gasteiger partial charge in [0.05, 0.1) is 15.2 Å². The maximum Gasteiger partial charge on any atom is 0.220 e. The fourth-order valence-electron chi connectivity index (χ4n) is 4.11. The van der Waals surface area contributed by atoms with Crippen LogP contribution >= 0.6 is 11.3 Å². The van der Waals surface area contributed by atoms with Gasteiger partial charge in [-0.2, -0.15) is 0 Å². The van der Waals surface area contributed by atoms with Gasteiger partial charge < -0.3 is 5.32 Å². The van der Waals surface area contributed by atoms with Gasteiger partial charge in [0, 0.05) is 32.1 Å². The van der Waals surface area contributed by atoms with E-state index in [1.165, 1.54) is 15.8 Å². The average Bonchev–Trinajstić information content (AvgIpc) is 3.17. The molecule has 2 aromatic carbocycles. The molecule has 5 heteroatoms.